The third-order valence-electron chi connectivity index (χ3n) is 2.20. The molecule has 5 nitrogen and oxygen atoms in total. The van der Waals surface area contributed by atoms with Crippen LogP contribution in [0.2, 0.25) is 0 Å². The van der Waals surface area contributed by atoms with E-state index in [1.165, 1.54) is 11.0 Å². The molecule has 0 saturated heterocycles. The Hall–Kier alpha value is -1.52. The standard InChI is InChI=1S/C10H16N2O3/c1-2-5-12(7-9(13)14)10(15)11-6-8-3-4-8/h2,8H,1,3-7H2,(H,11,15)(H,13,14). The van der Waals surface area contributed by atoms with Gasteiger partial charge in [0.2, 0.25) is 0 Å². The van der Waals surface area contributed by atoms with Crippen molar-refractivity contribution in [3.05, 3.63) is 12.7 Å². The van der Waals surface area contributed by atoms with Gasteiger partial charge in [-0.3, -0.25) is 4.79 Å². The fraction of sp³-hybridized carbons (Fsp3) is 0.600. The van der Waals surface area contributed by atoms with Crippen molar-refractivity contribution in [2.75, 3.05) is 19.6 Å². The van der Waals surface area contributed by atoms with E-state index in [4.69, 9.17) is 5.11 Å². The highest BCUT2D eigenvalue weighted by atomic mass is 16.4. The second kappa shape index (κ2) is 5.38. The number of hydrogen-bond acceptors (Lipinski definition) is 2. The minimum atomic E-state index is -1.02. The lowest BCUT2D eigenvalue weighted by atomic mass is 10.4. The predicted molar refractivity (Wildman–Crippen MR) is 55.5 cm³/mol. The number of amides is 2. The molecule has 0 aromatic rings. The summed E-state index contributed by atoms with van der Waals surface area (Å²) in [6.07, 6.45) is 3.82. The summed E-state index contributed by atoms with van der Waals surface area (Å²) in [6, 6.07) is -0.329. The Morgan fingerprint density at radius 1 is 1.53 bits per heavy atom. The number of carbonyl (C=O) groups is 2. The number of carboxylic acid groups (broad SMARTS) is 1. The normalized spacial score (nSPS) is 14.4. The van der Waals surface area contributed by atoms with Crippen LogP contribution in [0.5, 0.6) is 0 Å². The molecule has 1 aliphatic carbocycles. The lowest BCUT2D eigenvalue weighted by Gasteiger charge is -2.19. The molecule has 0 radical (unpaired) electrons. The van der Waals surface area contributed by atoms with Gasteiger partial charge >= 0.3 is 12.0 Å². The minimum absolute atomic E-state index is 0.253. The maximum Gasteiger partial charge on any atom is 0.323 e. The van der Waals surface area contributed by atoms with Gasteiger partial charge in [0, 0.05) is 13.1 Å². The number of carboxylic acids is 1. The fourth-order valence-corrected chi connectivity index (χ4v) is 1.20. The van der Waals surface area contributed by atoms with E-state index >= 15 is 0 Å². The van der Waals surface area contributed by atoms with Crippen molar-refractivity contribution in [3.63, 3.8) is 0 Å². The molecule has 1 fully saturated rings. The molecule has 0 heterocycles. The van der Waals surface area contributed by atoms with Crippen molar-refractivity contribution < 1.29 is 14.7 Å². The first-order chi connectivity index (χ1) is 7.13. The number of urea groups is 1. The highest BCUT2D eigenvalue weighted by Crippen LogP contribution is 2.27. The first kappa shape index (κ1) is 11.6. The van der Waals surface area contributed by atoms with E-state index in [-0.39, 0.29) is 19.1 Å². The average Bonchev–Trinajstić information content (AvgIpc) is 2.96. The summed E-state index contributed by atoms with van der Waals surface area (Å²) in [4.78, 5) is 23.2. The Morgan fingerprint density at radius 2 is 2.20 bits per heavy atom. The quantitative estimate of drug-likeness (QED) is 0.636. The van der Waals surface area contributed by atoms with Crippen LogP contribution in [-0.2, 0) is 4.79 Å². The summed E-state index contributed by atoms with van der Waals surface area (Å²) < 4.78 is 0. The molecule has 1 rings (SSSR count). The van der Waals surface area contributed by atoms with Crippen molar-refractivity contribution >= 4 is 12.0 Å². The molecule has 84 valence electrons. The maximum absolute atomic E-state index is 11.5. The van der Waals surface area contributed by atoms with Crippen LogP contribution in [-0.4, -0.2) is 41.6 Å². The highest BCUT2D eigenvalue weighted by Gasteiger charge is 2.23. The first-order valence-electron chi connectivity index (χ1n) is 4.99. The lowest BCUT2D eigenvalue weighted by Crippen LogP contribution is -2.43. The van der Waals surface area contributed by atoms with Gasteiger partial charge in [-0.2, -0.15) is 0 Å². The second-order valence-electron chi connectivity index (χ2n) is 3.69. The van der Waals surface area contributed by atoms with Gasteiger partial charge in [0.05, 0.1) is 0 Å². The zero-order valence-electron chi connectivity index (χ0n) is 8.61. The molecule has 0 unspecified atom stereocenters. The highest BCUT2D eigenvalue weighted by molar-refractivity contribution is 5.80. The predicted octanol–water partition coefficient (Wildman–Crippen LogP) is 0.679. The number of nitrogens with one attached hydrogen (secondary N) is 1. The zero-order chi connectivity index (χ0) is 11.3. The van der Waals surface area contributed by atoms with Crippen molar-refractivity contribution in [3.8, 4) is 0 Å². The minimum Gasteiger partial charge on any atom is -0.480 e. The molecule has 5 heteroatoms. The van der Waals surface area contributed by atoms with E-state index < -0.39 is 5.97 Å². The molecule has 0 spiro atoms. The molecule has 1 aliphatic rings. The van der Waals surface area contributed by atoms with Crippen molar-refractivity contribution in [1.82, 2.24) is 10.2 Å². The van der Waals surface area contributed by atoms with E-state index in [9.17, 15) is 9.59 Å². The Morgan fingerprint density at radius 3 is 2.67 bits per heavy atom. The van der Waals surface area contributed by atoms with Gasteiger partial charge in [-0.05, 0) is 18.8 Å². The molecular weight excluding hydrogens is 196 g/mol. The number of nitrogens with zero attached hydrogens (tertiary/aromatic N) is 1. The van der Waals surface area contributed by atoms with Crippen molar-refractivity contribution in [2.45, 2.75) is 12.8 Å². The van der Waals surface area contributed by atoms with E-state index in [0.717, 1.165) is 12.8 Å². The van der Waals surface area contributed by atoms with Crippen LogP contribution in [0.25, 0.3) is 0 Å². The molecule has 2 N–H and O–H groups in total. The third-order valence-corrected chi connectivity index (χ3v) is 2.20. The number of aliphatic carboxylic acids is 1. The summed E-state index contributed by atoms with van der Waals surface area (Å²) in [6.45, 7) is 4.09. The smallest absolute Gasteiger partial charge is 0.323 e. The van der Waals surface area contributed by atoms with Gasteiger partial charge in [-0.15, -0.1) is 6.58 Å². The van der Waals surface area contributed by atoms with E-state index in [0.29, 0.717) is 12.5 Å². The number of carbonyl (C=O) groups excluding carboxylic acids is 1. The van der Waals surface area contributed by atoms with Crippen molar-refractivity contribution in [1.29, 1.82) is 0 Å². The van der Waals surface area contributed by atoms with Gasteiger partial charge in [-0.25, -0.2) is 4.79 Å². The lowest BCUT2D eigenvalue weighted by molar-refractivity contribution is -0.137. The van der Waals surface area contributed by atoms with Crippen molar-refractivity contribution in [2.24, 2.45) is 5.92 Å². The molecule has 0 bridgehead atoms. The monoisotopic (exact) mass is 212 g/mol. The SMILES string of the molecule is C=CCN(CC(=O)O)C(=O)NCC1CC1. The molecule has 2 amide bonds. The zero-order valence-corrected chi connectivity index (χ0v) is 8.61. The van der Waals surface area contributed by atoms with E-state index in [2.05, 4.69) is 11.9 Å². The van der Waals surface area contributed by atoms with Gasteiger partial charge in [0.25, 0.3) is 0 Å². The van der Waals surface area contributed by atoms with Crippen LogP contribution in [0.4, 0.5) is 4.79 Å². The molecule has 15 heavy (non-hydrogen) atoms. The van der Waals surface area contributed by atoms with Crippen LogP contribution in [0.15, 0.2) is 12.7 Å². The summed E-state index contributed by atoms with van der Waals surface area (Å²) in [5, 5.41) is 11.3. The Labute approximate surface area is 88.8 Å². The molecular formula is C10H16N2O3. The Balaban J connectivity index is 2.33. The van der Waals surface area contributed by atoms with Gasteiger partial charge < -0.3 is 15.3 Å². The van der Waals surface area contributed by atoms with Gasteiger partial charge in [0.1, 0.15) is 6.54 Å². The summed E-state index contributed by atoms with van der Waals surface area (Å²) in [5.41, 5.74) is 0. The first-order valence-corrected chi connectivity index (χ1v) is 4.99. The summed E-state index contributed by atoms with van der Waals surface area (Å²) in [5.74, 6) is -0.428. The molecule has 0 aromatic carbocycles. The van der Waals surface area contributed by atoms with Crippen LogP contribution in [0, 0.1) is 5.92 Å². The van der Waals surface area contributed by atoms with Gasteiger partial charge in [0.15, 0.2) is 0 Å². The summed E-state index contributed by atoms with van der Waals surface area (Å²) >= 11 is 0. The molecule has 0 aliphatic heterocycles. The van der Waals surface area contributed by atoms with Crippen LogP contribution in [0.1, 0.15) is 12.8 Å². The summed E-state index contributed by atoms with van der Waals surface area (Å²) in [7, 11) is 0. The van der Waals surface area contributed by atoms with E-state index in [1.807, 2.05) is 0 Å². The average molecular weight is 212 g/mol. The largest absolute Gasteiger partial charge is 0.480 e. The molecule has 1 saturated carbocycles. The van der Waals surface area contributed by atoms with Crippen LogP contribution >= 0.6 is 0 Å². The molecule has 0 atom stereocenters. The Kier molecular flexibility index (Phi) is 4.15. The second-order valence-corrected chi connectivity index (χ2v) is 3.69. The Bertz CT molecular complexity index is 261. The maximum atomic E-state index is 11.5. The topological polar surface area (TPSA) is 69.6 Å². The number of rotatable bonds is 6. The number of hydrogen-bond donors (Lipinski definition) is 2. The fourth-order valence-electron chi connectivity index (χ4n) is 1.20. The van der Waals surface area contributed by atoms with Gasteiger partial charge in [-0.1, -0.05) is 6.08 Å². The third kappa shape index (κ3) is 4.49. The van der Waals surface area contributed by atoms with Crippen LogP contribution in [0.3, 0.4) is 0 Å². The van der Waals surface area contributed by atoms with Crippen LogP contribution < -0.4 is 5.32 Å². The van der Waals surface area contributed by atoms with E-state index in [1.54, 1.807) is 0 Å². The molecule has 0 aromatic heterocycles.